The van der Waals surface area contributed by atoms with Gasteiger partial charge in [-0.2, -0.15) is 0 Å². The molecule has 2 aliphatic rings. The van der Waals surface area contributed by atoms with Crippen molar-refractivity contribution in [3.8, 4) is 5.75 Å². The van der Waals surface area contributed by atoms with Gasteiger partial charge in [0.25, 0.3) is 0 Å². The Morgan fingerprint density at radius 3 is 2.56 bits per heavy atom. The van der Waals surface area contributed by atoms with Crippen molar-refractivity contribution in [2.45, 2.75) is 38.0 Å². The number of rotatable bonds is 3. The van der Waals surface area contributed by atoms with Crippen molar-refractivity contribution in [2.24, 2.45) is 0 Å². The molecule has 0 amide bonds. The zero-order chi connectivity index (χ0) is 19.0. The van der Waals surface area contributed by atoms with Gasteiger partial charge in [0.2, 0.25) is 5.95 Å². The van der Waals surface area contributed by atoms with E-state index in [0.717, 1.165) is 44.6 Å². The fourth-order valence-electron chi connectivity index (χ4n) is 4.05. The van der Waals surface area contributed by atoms with Gasteiger partial charge in [-0.3, -0.25) is 4.90 Å². The first-order chi connectivity index (χ1) is 13.0. The molecule has 5 nitrogen and oxygen atoms in total. The lowest BCUT2D eigenvalue weighted by atomic mass is 9.92. The minimum Gasteiger partial charge on any atom is -0.489 e. The fraction of sp³-hybridized carbons (Fsp3) is 0.474. The fourth-order valence-corrected chi connectivity index (χ4v) is 4.05. The Bertz CT molecular complexity index is 804. The summed E-state index contributed by atoms with van der Waals surface area (Å²) in [4.78, 5) is 12.7. The first-order valence-corrected chi connectivity index (χ1v) is 9.11. The summed E-state index contributed by atoms with van der Waals surface area (Å²) in [5.74, 6) is -1.32. The molecule has 144 valence electrons. The molecule has 2 fully saturated rings. The van der Waals surface area contributed by atoms with Gasteiger partial charge < -0.3 is 9.64 Å². The van der Waals surface area contributed by atoms with Gasteiger partial charge in [0.1, 0.15) is 11.9 Å². The van der Waals surface area contributed by atoms with Gasteiger partial charge in [0.15, 0.2) is 17.5 Å². The van der Waals surface area contributed by atoms with Crippen molar-refractivity contribution in [3.63, 3.8) is 0 Å². The molecule has 0 aliphatic carbocycles. The van der Waals surface area contributed by atoms with Gasteiger partial charge in [-0.25, -0.2) is 23.1 Å². The first kappa shape index (κ1) is 18.0. The third-order valence-electron chi connectivity index (χ3n) is 5.43. The predicted octanol–water partition coefficient (Wildman–Crippen LogP) is 3.01. The topological polar surface area (TPSA) is 41.5 Å². The number of halogens is 3. The lowest BCUT2D eigenvalue weighted by Gasteiger charge is -2.50. The van der Waals surface area contributed by atoms with Crippen LogP contribution in [0.2, 0.25) is 0 Å². The molecule has 0 N–H and O–H groups in total. The Labute approximate surface area is 155 Å². The number of anilines is 1. The summed E-state index contributed by atoms with van der Waals surface area (Å²) in [5.41, 5.74) is 0. The van der Waals surface area contributed by atoms with Crippen molar-refractivity contribution in [1.29, 1.82) is 0 Å². The maximum atomic E-state index is 13.4. The van der Waals surface area contributed by atoms with Crippen molar-refractivity contribution in [2.75, 3.05) is 24.5 Å². The Hall–Kier alpha value is -2.35. The largest absolute Gasteiger partial charge is 0.489 e. The Morgan fingerprint density at radius 2 is 1.81 bits per heavy atom. The molecule has 2 aromatic rings. The molecule has 8 heteroatoms. The third kappa shape index (κ3) is 3.71. The van der Waals surface area contributed by atoms with Gasteiger partial charge in [-0.15, -0.1) is 0 Å². The molecule has 2 aliphatic heterocycles. The first-order valence-electron chi connectivity index (χ1n) is 9.11. The second kappa shape index (κ2) is 7.34. The van der Waals surface area contributed by atoms with E-state index in [2.05, 4.69) is 26.7 Å². The molecule has 0 saturated carbocycles. The highest BCUT2D eigenvalue weighted by Crippen LogP contribution is 2.30. The number of nitrogens with zero attached hydrogens (tertiary/aromatic N) is 4. The molecule has 1 unspecified atom stereocenters. The summed E-state index contributed by atoms with van der Waals surface area (Å²) in [6.45, 7) is 4.40. The van der Waals surface area contributed by atoms with Gasteiger partial charge in [-0.05, 0) is 31.9 Å². The van der Waals surface area contributed by atoms with Crippen molar-refractivity contribution in [1.82, 2.24) is 14.9 Å². The molecule has 1 aromatic heterocycles. The van der Waals surface area contributed by atoms with Gasteiger partial charge in [0, 0.05) is 37.8 Å². The zero-order valence-corrected chi connectivity index (χ0v) is 15.0. The molecular weight excluding hydrogens is 357 g/mol. The van der Waals surface area contributed by atoms with Gasteiger partial charge in [0.05, 0.1) is 12.4 Å². The van der Waals surface area contributed by atoms with Crippen molar-refractivity contribution >= 4 is 5.95 Å². The molecule has 3 atom stereocenters. The van der Waals surface area contributed by atoms with E-state index >= 15 is 0 Å². The maximum absolute atomic E-state index is 13.4. The van der Waals surface area contributed by atoms with E-state index in [4.69, 9.17) is 4.74 Å². The van der Waals surface area contributed by atoms with E-state index in [1.54, 1.807) is 0 Å². The van der Waals surface area contributed by atoms with Gasteiger partial charge >= 0.3 is 0 Å². The SMILES string of the molecule is CC1[C@@H]2CC[C@H](Oc3ccc(F)c(F)c3)CN2CCN1c1ncc(F)cn1. The maximum Gasteiger partial charge on any atom is 0.225 e. The number of aromatic nitrogens is 2. The molecule has 0 spiro atoms. The highest BCUT2D eigenvalue weighted by molar-refractivity contribution is 5.33. The highest BCUT2D eigenvalue weighted by Gasteiger charge is 2.39. The minimum absolute atomic E-state index is 0.0630. The number of hydrogen-bond acceptors (Lipinski definition) is 5. The molecule has 0 bridgehead atoms. The second-order valence-corrected chi connectivity index (χ2v) is 7.09. The van der Waals surface area contributed by atoms with Crippen LogP contribution < -0.4 is 9.64 Å². The minimum atomic E-state index is -0.900. The summed E-state index contributed by atoms with van der Waals surface area (Å²) in [5, 5.41) is 0. The van der Waals surface area contributed by atoms with E-state index < -0.39 is 17.5 Å². The van der Waals surface area contributed by atoms with E-state index in [-0.39, 0.29) is 12.1 Å². The summed E-state index contributed by atoms with van der Waals surface area (Å²) in [6.07, 6.45) is 4.05. The molecule has 27 heavy (non-hydrogen) atoms. The number of hydrogen-bond donors (Lipinski definition) is 0. The van der Waals surface area contributed by atoms with Crippen LogP contribution in [-0.2, 0) is 0 Å². The molecule has 3 heterocycles. The quantitative estimate of drug-likeness (QED) is 0.821. The Balaban J connectivity index is 1.40. The van der Waals surface area contributed by atoms with Crippen LogP contribution in [0.3, 0.4) is 0 Å². The standard InChI is InChI=1S/C19H21F3N4O/c1-12-18-5-3-15(27-14-2-4-16(21)17(22)8-14)11-25(18)6-7-26(12)19-23-9-13(20)10-24-19/h2,4,8-10,12,15,18H,3,5-7,11H2,1H3/t12?,15-,18-/m0/s1. The predicted molar refractivity (Wildman–Crippen MR) is 94.2 cm³/mol. The summed E-state index contributed by atoms with van der Waals surface area (Å²) in [6, 6.07) is 4.13. The Kier molecular flexibility index (Phi) is 4.90. The lowest BCUT2D eigenvalue weighted by molar-refractivity contribution is 0.0285. The molecule has 0 radical (unpaired) electrons. The Morgan fingerprint density at radius 1 is 1.04 bits per heavy atom. The molecule has 4 rings (SSSR count). The van der Waals surface area contributed by atoms with Crippen LogP contribution in [0, 0.1) is 17.5 Å². The van der Waals surface area contributed by atoms with Crippen LogP contribution in [0.1, 0.15) is 19.8 Å². The number of benzene rings is 1. The number of piperazine rings is 1. The molecule has 1 aromatic carbocycles. The number of piperidine rings is 1. The van der Waals surface area contributed by atoms with Crippen LogP contribution in [-0.4, -0.2) is 52.7 Å². The van der Waals surface area contributed by atoms with E-state index in [0.29, 0.717) is 17.7 Å². The molecular formula is C19H21F3N4O. The average Bonchev–Trinajstić information content (AvgIpc) is 2.66. The normalized spacial score (nSPS) is 25.9. The van der Waals surface area contributed by atoms with Crippen molar-refractivity contribution in [3.05, 3.63) is 48.0 Å². The zero-order valence-electron chi connectivity index (χ0n) is 15.0. The summed E-state index contributed by atoms with van der Waals surface area (Å²) >= 11 is 0. The molecule has 2 saturated heterocycles. The number of fused-ring (bicyclic) bond motifs is 1. The lowest BCUT2D eigenvalue weighted by Crippen LogP contribution is -2.62. The van der Waals surface area contributed by atoms with Crippen LogP contribution >= 0.6 is 0 Å². The third-order valence-corrected chi connectivity index (χ3v) is 5.43. The second-order valence-electron chi connectivity index (χ2n) is 7.09. The summed E-state index contributed by atoms with van der Waals surface area (Å²) < 4.78 is 45.4. The van der Waals surface area contributed by atoms with Crippen LogP contribution in [0.4, 0.5) is 19.1 Å². The average molecular weight is 378 g/mol. The van der Waals surface area contributed by atoms with E-state index in [1.807, 2.05) is 0 Å². The van der Waals surface area contributed by atoms with Crippen molar-refractivity contribution < 1.29 is 17.9 Å². The summed E-state index contributed by atoms with van der Waals surface area (Å²) in [7, 11) is 0. The monoisotopic (exact) mass is 378 g/mol. The highest BCUT2D eigenvalue weighted by atomic mass is 19.2. The van der Waals surface area contributed by atoms with Crippen LogP contribution in [0.15, 0.2) is 30.6 Å². The van der Waals surface area contributed by atoms with E-state index in [1.165, 1.54) is 18.5 Å². The van der Waals surface area contributed by atoms with Crippen LogP contribution in [0.25, 0.3) is 0 Å². The van der Waals surface area contributed by atoms with E-state index in [9.17, 15) is 13.2 Å². The smallest absolute Gasteiger partial charge is 0.225 e. The number of ether oxygens (including phenoxy) is 1. The van der Waals surface area contributed by atoms with Gasteiger partial charge in [-0.1, -0.05) is 0 Å². The van der Waals surface area contributed by atoms with Crippen LogP contribution in [0.5, 0.6) is 5.75 Å².